The zero-order chi connectivity index (χ0) is 17.2. The highest BCUT2D eigenvalue weighted by Gasteiger charge is 2.49. The summed E-state index contributed by atoms with van der Waals surface area (Å²) in [7, 11) is 0. The number of pyridine rings is 1. The maximum absolute atomic E-state index is 12.9. The number of rotatable bonds is 2. The van der Waals surface area contributed by atoms with Crippen molar-refractivity contribution in [1.29, 1.82) is 0 Å². The van der Waals surface area contributed by atoms with Crippen molar-refractivity contribution in [3.63, 3.8) is 0 Å². The average Bonchev–Trinajstić information content (AvgIpc) is 2.76. The summed E-state index contributed by atoms with van der Waals surface area (Å²) in [6.07, 6.45) is 3.73. The minimum Gasteiger partial charge on any atom is -0.369 e. The first-order valence-corrected chi connectivity index (χ1v) is 9.11. The molecule has 128 valence electrons. The summed E-state index contributed by atoms with van der Waals surface area (Å²) in [5.41, 5.74) is 4.29. The van der Waals surface area contributed by atoms with Crippen LogP contribution in [0.1, 0.15) is 30.0 Å². The van der Waals surface area contributed by atoms with Gasteiger partial charge in [0.25, 0.3) is 5.69 Å². The highest BCUT2D eigenvalue weighted by Crippen LogP contribution is 2.48. The van der Waals surface area contributed by atoms with Crippen molar-refractivity contribution in [3.8, 4) is 0 Å². The van der Waals surface area contributed by atoms with Gasteiger partial charge in [-0.3, -0.25) is 4.98 Å². The van der Waals surface area contributed by atoms with E-state index in [1.54, 1.807) is 6.07 Å². The Morgan fingerprint density at radius 3 is 2.80 bits per heavy atom. The summed E-state index contributed by atoms with van der Waals surface area (Å²) in [5.74, 6) is 0.0850. The largest absolute Gasteiger partial charge is 0.369 e. The van der Waals surface area contributed by atoms with Gasteiger partial charge in [0.15, 0.2) is 0 Å². The van der Waals surface area contributed by atoms with Gasteiger partial charge in [0.05, 0.1) is 17.8 Å². The third-order valence-corrected chi connectivity index (χ3v) is 6.18. The Morgan fingerprint density at radius 1 is 1.28 bits per heavy atom. The van der Waals surface area contributed by atoms with Crippen molar-refractivity contribution in [1.82, 2.24) is 10.3 Å². The minimum absolute atomic E-state index is 0.0850. The Hall–Kier alpha value is -1.98. The number of anilines is 1. The van der Waals surface area contributed by atoms with Crippen LogP contribution in [0.25, 0.3) is 0 Å². The molecule has 1 spiro atoms. The molecule has 5 rings (SSSR count). The van der Waals surface area contributed by atoms with Gasteiger partial charge in [0.1, 0.15) is 0 Å². The number of hydrogen-bond acceptors (Lipinski definition) is 4. The summed E-state index contributed by atoms with van der Waals surface area (Å²) in [5, 5.41) is 4.03. The highest BCUT2D eigenvalue weighted by molar-refractivity contribution is 6.30. The molecule has 4 heterocycles. The molecule has 2 fully saturated rings. The van der Waals surface area contributed by atoms with Crippen molar-refractivity contribution in [2.75, 3.05) is 31.1 Å². The molecule has 2 atom stereocenters. The molecular weight excluding hydrogens is 336 g/mol. The first-order valence-electron chi connectivity index (χ1n) is 8.73. The smallest absolute Gasteiger partial charge is 0.260 e. The lowest BCUT2D eigenvalue weighted by Gasteiger charge is -2.57. The number of fused-ring (bicyclic) bond motifs is 1. The van der Waals surface area contributed by atoms with Crippen LogP contribution in [-0.2, 0) is 0 Å². The van der Waals surface area contributed by atoms with Gasteiger partial charge >= 0.3 is 0 Å². The van der Waals surface area contributed by atoms with Crippen LogP contribution < -0.4 is 10.2 Å². The fourth-order valence-corrected chi connectivity index (χ4v) is 4.65. The van der Waals surface area contributed by atoms with Crippen molar-refractivity contribution < 1.29 is 4.76 Å². The second-order valence-corrected chi connectivity index (χ2v) is 8.13. The van der Waals surface area contributed by atoms with E-state index in [9.17, 15) is 4.91 Å². The lowest BCUT2D eigenvalue weighted by molar-refractivity contribution is -0.505. The summed E-state index contributed by atoms with van der Waals surface area (Å²) >= 11 is 6.12. The first-order chi connectivity index (χ1) is 12.1. The molecule has 1 N–H and O–H groups in total. The van der Waals surface area contributed by atoms with Gasteiger partial charge in [-0.25, -0.2) is 0 Å². The normalized spacial score (nSPS) is 26.3. The predicted octanol–water partition coefficient (Wildman–Crippen LogP) is 3.41. The second-order valence-electron chi connectivity index (χ2n) is 7.70. The molecule has 3 aliphatic heterocycles. The standard InChI is InChI=1S/C19H20ClN4O/c1-12-16-5-14(20)2-3-17(16)24(25)18(12)13-4-15(7-21-6-13)23-10-19(11-23)8-22-9-19/h2-7,12,18,22H,8-11H2,1H3/q+1. The summed E-state index contributed by atoms with van der Waals surface area (Å²) in [6.45, 7) is 6.45. The molecule has 0 saturated carbocycles. The van der Waals surface area contributed by atoms with Crippen LogP contribution in [0.3, 0.4) is 0 Å². The third kappa shape index (κ3) is 2.22. The first kappa shape index (κ1) is 15.3. The fourth-order valence-electron chi connectivity index (χ4n) is 4.47. The average molecular weight is 356 g/mol. The summed E-state index contributed by atoms with van der Waals surface area (Å²) in [6, 6.07) is 7.39. The number of hydrogen-bond donors (Lipinski definition) is 1. The van der Waals surface area contributed by atoms with E-state index >= 15 is 0 Å². The van der Waals surface area contributed by atoms with Crippen LogP contribution >= 0.6 is 11.6 Å². The van der Waals surface area contributed by atoms with Crippen molar-refractivity contribution in [2.24, 2.45) is 5.41 Å². The Bertz CT molecular complexity index is 871. The van der Waals surface area contributed by atoms with Gasteiger partial charge < -0.3 is 10.2 Å². The van der Waals surface area contributed by atoms with Crippen molar-refractivity contribution in [3.05, 3.63) is 57.7 Å². The number of benzene rings is 1. The molecule has 2 unspecified atom stereocenters. The Labute approximate surface area is 151 Å². The molecule has 0 amide bonds. The van der Waals surface area contributed by atoms with Crippen LogP contribution in [0.5, 0.6) is 0 Å². The van der Waals surface area contributed by atoms with Crippen LogP contribution in [0.4, 0.5) is 11.4 Å². The Kier molecular flexibility index (Phi) is 3.21. The van der Waals surface area contributed by atoms with Gasteiger partial charge in [-0.1, -0.05) is 18.5 Å². The SMILES string of the molecule is CC1c2cc(Cl)ccc2[N+](=O)C1c1cncc(N2CC3(CNC3)C2)c1. The van der Waals surface area contributed by atoms with E-state index in [1.165, 1.54) is 0 Å². The van der Waals surface area contributed by atoms with E-state index in [4.69, 9.17) is 11.6 Å². The van der Waals surface area contributed by atoms with E-state index in [0.717, 1.165) is 53.4 Å². The third-order valence-electron chi connectivity index (χ3n) is 5.95. The molecule has 0 aliphatic carbocycles. The maximum atomic E-state index is 12.9. The van der Waals surface area contributed by atoms with Crippen LogP contribution in [-0.4, -0.2) is 35.9 Å². The van der Waals surface area contributed by atoms with E-state index in [2.05, 4.69) is 28.2 Å². The van der Waals surface area contributed by atoms with Crippen molar-refractivity contribution in [2.45, 2.75) is 18.9 Å². The number of nitroso groups, excluding NO2 is 1. The van der Waals surface area contributed by atoms with Gasteiger partial charge in [0.2, 0.25) is 6.04 Å². The predicted molar refractivity (Wildman–Crippen MR) is 97.6 cm³/mol. The molecule has 3 aliphatic rings. The van der Waals surface area contributed by atoms with E-state index in [1.807, 2.05) is 24.5 Å². The molecule has 1 aromatic heterocycles. The molecule has 2 saturated heterocycles. The van der Waals surface area contributed by atoms with Gasteiger partial charge in [-0.05, 0) is 18.2 Å². The van der Waals surface area contributed by atoms with Crippen LogP contribution in [0.2, 0.25) is 5.02 Å². The molecule has 1 aromatic carbocycles. The molecule has 25 heavy (non-hydrogen) atoms. The number of nitrogens with one attached hydrogen (secondary N) is 1. The minimum atomic E-state index is -0.249. The topological polar surface area (TPSA) is 48.2 Å². The summed E-state index contributed by atoms with van der Waals surface area (Å²) in [4.78, 5) is 19.6. The number of halogens is 1. The second kappa shape index (κ2) is 5.26. The molecule has 0 radical (unpaired) electrons. The Balaban J connectivity index is 1.44. The molecule has 0 bridgehead atoms. The summed E-state index contributed by atoms with van der Waals surface area (Å²) < 4.78 is 1.12. The van der Waals surface area contributed by atoms with Crippen LogP contribution in [0, 0.1) is 10.3 Å². The molecular formula is C19H20ClN4O+. The molecule has 2 aromatic rings. The highest BCUT2D eigenvalue weighted by atomic mass is 35.5. The van der Waals surface area contributed by atoms with Crippen molar-refractivity contribution >= 4 is 23.0 Å². The van der Waals surface area contributed by atoms with E-state index in [-0.39, 0.29) is 12.0 Å². The van der Waals surface area contributed by atoms with Gasteiger partial charge in [-0.2, -0.15) is 0 Å². The van der Waals surface area contributed by atoms with Gasteiger partial charge in [-0.15, -0.1) is 0 Å². The van der Waals surface area contributed by atoms with E-state index in [0.29, 0.717) is 10.4 Å². The lowest BCUT2D eigenvalue weighted by Crippen LogP contribution is -2.71. The number of aromatic nitrogens is 1. The maximum Gasteiger partial charge on any atom is 0.260 e. The zero-order valence-electron chi connectivity index (χ0n) is 14.1. The molecule has 6 heteroatoms. The number of nitrogens with zero attached hydrogens (tertiary/aromatic N) is 3. The van der Waals surface area contributed by atoms with Crippen LogP contribution in [0.15, 0.2) is 36.7 Å². The monoisotopic (exact) mass is 355 g/mol. The Morgan fingerprint density at radius 2 is 2.08 bits per heavy atom. The quantitative estimate of drug-likeness (QED) is 0.839. The zero-order valence-corrected chi connectivity index (χ0v) is 14.8. The van der Waals surface area contributed by atoms with Gasteiger partial charge in [0, 0.05) is 69.7 Å². The molecule has 5 nitrogen and oxygen atoms in total. The lowest BCUT2D eigenvalue weighted by atomic mass is 9.74. The van der Waals surface area contributed by atoms with E-state index < -0.39 is 0 Å². The fraction of sp³-hybridized carbons (Fsp3) is 0.421.